The Morgan fingerprint density at radius 2 is 1.85 bits per heavy atom. The third-order valence-electron chi connectivity index (χ3n) is 4.55. The van der Waals surface area contributed by atoms with Gasteiger partial charge in [0.2, 0.25) is 0 Å². The van der Waals surface area contributed by atoms with E-state index in [-0.39, 0.29) is 6.04 Å². The molecule has 1 aromatic carbocycles. The summed E-state index contributed by atoms with van der Waals surface area (Å²) in [6.45, 7) is 5.96. The van der Waals surface area contributed by atoms with E-state index in [2.05, 4.69) is 24.3 Å². The number of nitrogens with one attached hydrogen (secondary N) is 1. The van der Waals surface area contributed by atoms with Gasteiger partial charge in [0.05, 0.1) is 24.9 Å². The Morgan fingerprint density at radius 1 is 1.23 bits per heavy atom. The molecule has 26 heavy (non-hydrogen) atoms. The molecule has 0 bridgehead atoms. The van der Waals surface area contributed by atoms with Crippen molar-refractivity contribution in [1.82, 2.24) is 15.1 Å². The van der Waals surface area contributed by atoms with E-state index in [1.165, 1.54) is 13.3 Å². The topological polar surface area (TPSA) is 93.5 Å². The molecular formula is C19H25N3O4. The number of rotatable bonds is 8. The number of aliphatic carboxylic acids is 1. The molecule has 0 saturated heterocycles. The molecule has 1 unspecified atom stereocenters. The van der Waals surface area contributed by atoms with E-state index >= 15 is 0 Å². The Hall–Kier alpha value is -2.83. The molecule has 1 amide bonds. The fourth-order valence-corrected chi connectivity index (χ4v) is 2.94. The van der Waals surface area contributed by atoms with Gasteiger partial charge >= 0.3 is 5.97 Å². The zero-order valence-corrected chi connectivity index (χ0v) is 15.5. The van der Waals surface area contributed by atoms with Gasteiger partial charge in [-0.1, -0.05) is 26.0 Å². The number of nitrogens with zero attached hydrogens (tertiary/aromatic N) is 2. The molecule has 0 aliphatic rings. The van der Waals surface area contributed by atoms with Crippen molar-refractivity contribution in [2.45, 2.75) is 45.7 Å². The zero-order valence-electron chi connectivity index (χ0n) is 15.5. The average Bonchev–Trinajstić information content (AvgIpc) is 3.02. The van der Waals surface area contributed by atoms with Crippen LogP contribution in [-0.2, 0) is 4.79 Å². The quantitative estimate of drug-likeness (QED) is 0.755. The second-order valence-electron chi connectivity index (χ2n) is 6.08. The number of hydrogen-bond donors (Lipinski definition) is 2. The standard InChI is InChI=1S/C19H25N3O4/c1-5-14(6-2)22-12(3)16(11-20-22)18(23)21-17(19(24)25)13-7-9-15(26-4)10-8-13/h7-11,14,17H,5-6H2,1-4H3,(H,21,23)(H,24,25). The maximum atomic E-state index is 12.6. The summed E-state index contributed by atoms with van der Waals surface area (Å²) in [5, 5.41) is 16.4. The number of benzene rings is 1. The van der Waals surface area contributed by atoms with Crippen LogP contribution in [0, 0.1) is 6.92 Å². The van der Waals surface area contributed by atoms with Crippen LogP contribution in [0.3, 0.4) is 0 Å². The predicted octanol–water partition coefficient (Wildman–Crippen LogP) is 3.12. The van der Waals surface area contributed by atoms with Gasteiger partial charge < -0.3 is 15.2 Å². The van der Waals surface area contributed by atoms with Crippen LogP contribution < -0.4 is 10.1 Å². The lowest BCUT2D eigenvalue weighted by Crippen LogP contribution is -2.34. The molecule has 0 aliphatic heterocycles. The van der Waals surface area contributed by atoms with Crippen LogP contribution in [0.15, 0.2) is 30.5 Å². The number of amides is 1. The highest BCUT2D eigenvalue weighted by molar-refractivity contribution is 5.97. The predicted molar refractivity (Wildman–Crippen MR) is 97.4 cm³/mol. The third kappa shape index (κ3) is 4.04. The average molecular weight is 359 g/mol. The van der Waals surface area contributed by atoms with Crippen molar-refractivity contribution in [2.24, 2.45) is 0 Å². The lowest BCUT2D eigenvalue weighted by atomic mass is 10.1. The van der Waals surface area contributed by atoms with E-state index in [0.29, 0.717) is 16.9 Å². The lowest BCUT2D eigenvalue weighted by molar-refractivity contribution is -0.139. The van der Waals surface area contributed by atoms with Crippen molar-refractivity contribution >= 4 is 11.9 Å². The molecule has 7 heteroatoms. The number of ether oxygens (including phenoxy) is 1. The zero-order chi connectivity index (χ0) is 19.3. The molecule has 0 spiro atoms. The normalized spacial score (nSPS) is 12.0. The fraction of sp³-hybridized carbons (Fsp3) is 0.421. The summed E-state index contributed by atoms with van der Waals surface area (Å²) in [7, 11) is 1.53. The smallest absolute Gasteiger partial charge is 0.330 e. The molecule has 0 fully saturated rings. The monoisotopic (exact) mass is 359 g/mol. The van der Waals surface area contributed by atoms with Gasteiger partial charge in [0, 0.05) is 5.69 Å². The highest BCUT2D eigenvalue weighted by Gasteiger charge is 2.25. The maximum Gasteiger partial charge on any atom is 0.330 e. The van der Waals surface area contributed by atoms with Crippen molar-refractivity contribution in [3.63, 3.8) is 0 Å². The third-order valence-corrected chi connectivity index (χ3v) is 4.55. The van der Waals surface area contributed by atoms with Gasteiger partial charge in [0.1, 0.15) is 5.75 Å². The van der Waals surface area contributed by atoms with Crippen molar-refractivity contribution < 1.29 is 19.4 Å². The minimum absolute atomic E-state index is 0.216. The molecule has 0 radical (unpaired) electrons. The molecule has 0 aliphatic carbocycles. The summed E-state index contributed by atoms with van der Waals surface area (Å²) in [4.78, 5) is 24.3. The largest absolute Gasteiger partial charge is 0.497 e. The molecule has 1 heterocycles. The fourth-order valence-electron chi connectivity index (χ4n) is 2.94. The summed E-state index contributed by atoms with van der Waals surface area (Å²) in [6.07, 6.45) is 3.31. The van der Waals surface area contributed by atoms with E-state index in [1.807, 2.05) is 11.6 Å². The van der Waals surface area contributed by atoms with Gasteiger partial charge in [-0.15, -0.1) is 0 Å². The Balaban J connectivity index is 2.24. The van der Waals surface area contributed by atoms with Crippen LogP contribution in [-0.4, -0.2) is 33.9 Å². The number of hydrogen-bond acceptors (Lipinski definition) is 4. The Bertz CT molecular complexity index is 764. The van der Waals surface area contributed by atoms with Gasteiger partial charge in [0.15, 0.2) is 6.04 Å². The van der Waals surface area contributed by atoms with Crippen molar-refractivity contribution in [3.8, 4) is 5.75 Å². The van der Waals surface area contributed by atoms with Gasteiger partial charge in [-0.05, 0) is 37.5 Å². The van der Waals surface area contributed by atoms with Crippen molar-refractivity contribution in [2.75, 3.05) is 7.11 Å². The summed E-state index contributed by atoms with van der Waals surface area (Å²) in [5.41, 5.74) is 1.59. The number of aromatic nitrogens is 2. The first-order chi connectivity index (χ1) is 12.4. The SMILES string of the molecule is CCC(CC)n1ncc(C(=O)NC(C(=O)O)c2ccc(OC)cc2)c1C. The van der Waals surface area contributed by atoms with Crippen LogP contribution >= 0.6 is 0 Å². The van der Waals surface area contributed by atoms with E-state index in [0.717, 1.165) is 18.5 Å². The summed E-state index contributed by atoms with van der Waals surface area (Å²) in [6, 6.07) is 5.64. The molecule has 1 atom stereocenters. The van der Waals surface area contributed by atoms with Gasteiger partial charge in [0.25, 0.3) is 5.91 Å². The molecule has 2 aromatic rings. The highest BCUT2D eigenvalue weighted by atomic mass is 16.5. The van der Waals surface area contributed by atoms with E-state index < -0.39 is 17.9 Å². The molecule has 140 valence electrons. The molecule has 1 aromatic heterocycles. The van der Waals surface area contributed by atoms with Gasteiger partial charge in [-0.3, -0.25) is 9.48 Å². The van der Waals surface area contributed by atoms with Crippen LogP contribution in [0.1, 0.15) is 60.4 Å². The van der Waals surface area contributed by atoms with Crippen LogP contribution in [0.2, 0.25) is 0 Å². The molecular weight excluding hydrogens is 334 g/mol. The van der Waals surface area contributed by atoms with Crippen LogP contribution in [0.25, 0.3) is 0 Å². The van der Waals surface area contributed by atoms with E-state index in [4.69, 9.17) is 4.74 Å². The second kappa shape index (κ2) is 8.51. The van der Waals surface area contributed by atoms with Crippen LogP contribution in [0.5, 0.6) is 5.75 Å². The minimum atomic E-state index is -1.15. The number of carbonyl (C=O) groups excluding carboxylic acids is 1. The Labute approximate surface area is 153 Å². The first kappa shape index (κ1) is 19.5. The lowest BCUT2D eigenvalue weighted by Gasteiger charge is -2.17. The molecule has 2 rings (SSSR count). The molecule has 0 saturated carbocycles. The van der Waals surface area contributed by atoms with Crippen molar-refractivity contribution in [1.29, 1.82) is 0 Å². The first-order valence-corrected chi connectivity index (χ1v) is 8.64. The number of carbonyl (C=O) groups is 2. The molecule has 2 N–H and O–H groups in total. The second-order valence-corrected chi connectivity index (χ2v) is 6.08. The minimum Gasteiger partial charge on any atom is -0.497 e. The van der Waals surface area contributed by atoms with E-state index in [1.54, 1.807) is 24.3 Å². The highest BCUT2D eigenvalue weighted by Crippen LogP contribution is 2.21. The summed E-state index contributed by atoms with van der Waals surface area (Å²) >= 11 is 0. The number of carboxylic acid groups (broad SMARTS) is 1. The molecule has 7 nitrogen and oxygen atoms in total. The maximum absolute atomic E-state index is 12.6. The first-order valence-electron chi connectivity index (χ1n) is 8.64. The Kier molecular flexibility index (Phi) is 6.38. The number of methoxy groups -OCH3 is 1. The van der Waals surface area contributed by atoms with Gasteiger partial charge in [-0.2, -0.15) is 5.10 Å². The summed E-state index contributed by atoms with van der Waals surface area (Å²) in [5.74, 6) is -0.969. The van der Waals surface area contributed by atoms with Crippen LogP contribution in [0.4, 0.5) is 0 Å². The number of carboxylic acids is 1. The van der Waals surface area contributed by atoms with Gasteiger partial charge in [-0.25, -0.2) is 4.79 Å². The Morgan fingerprint density at radius 3 is 2.35 bits per heavy atom. The van der Waals surface area contributed by atoms with Crippen molar-refractivity contribution in [3.05, 3.63) is 47.3 Å². The van der Waals surface area contributed by atoms with E-state index in [9.17, 15) is 14.7 Å². The summed E-state index contributed by atoms with van der Waals surface area (Å²) < 4.78 is 6.91.